The van der Waals surface area contributed by atoms with Gasteiger partial charge in [-0.3, -0.25) is 0 Å². The maximum Gasteiger partial charge on any atom is 0.0398 e. The molecule has 2 rings (SSSR count). The summed E-state index contributed by atoms with van der Waals surface area (Å²) in [7, 11) is 0. The SMILES string of the molecule is BrC1CCCc2ccccc21.N. The number of alkyl halides is 1. The van der Waals surface area contributed by atoms with Crippen LogP contribution in [0.4, 0.5) is 0 Å². The molecular formula is C10H14BrN. The molecule has 1 aliphatic carbocycles. The second-order valence-corrected chi connectivity index (χ2v) is 4.16. The van der Waals surface area contributed by atoms with Gasteiger partial charge in [0, 0.05) is 4.83 Å². The molecule has 1 aliphatic rings. The summed E-state index contributed by atoms with van der Waals surface area (Å²) in [4.78, 5) is 0.604. The molecule has 0 aliphatic heterocycles. The zero-order valence-electron chi connectivity index (χ0n) is 7.09. The average Bonchev–Trinajstić information content (AvgIpc) is 2.06. The summed E-state index contributed by atoms with van der Waals surface area (Å²) in [5.74, 6) is 0. The summed E-state index contributed by atoms with van der Waals surface area (Å²) >= 11 is 3.69. The second kappa shape index (κ2) is 4.06. The number of fused-ring (bicyclic) bond motifs is 1. The van der Waals surface area contributed by atoms with Gasteiger partial charge in [-0.1, -0.05) is 40.2 Å². The first-order chi connectivity index (χ1) is 5.38. The smallest absolute Gasteiger partial charge is 0.0398 e. The Morgan fingerprint density at radius 2 is 2.00 bits per heavy atom. The topological polar surface area (TPSA) is 35.0 Å². The molecule has 0 amide bonds. The van der Waals surface area contributed by atoms with Gasteiger partial charge in [0.05, 0.1) is 0 Å². The zero-order valence-corrected chi connectivity index (χ0v) is 8.68. The molecule has 1 aromatic carbocycles. The van der Waals surface area contributed by atoms with Crippen LogP contribution in [0, 0.1) is 0 Å². The van der Waals surface area contributed by atoms with Crippen LogP contribution >= 0.6 is 15.9 Å². The normalized spacial score (nSPS) is 20.9. The Bertz CT molecular complexity index is 260. The first-order valence-electron chi connectivity index (χ1n) is 4.10. The van der Waals surface area contributed by atoms with Crippen molar-refractivity contribution in [3.05, 3.63) is 35.4 Å². The van der Waals surface area contributed by atoms with E-state index in [4.69, 9.17) is 0 Å². The quantitative estimate of drug-likeness (QED) is 0.676. The van der Waals surface area contributed by atoms with Crippen LogP contribution in [0.1, 0.15) is 28.8 Å². The average molecular weight is 228 g/mol. The molecule has 0 heterocycles. The van der Waals surface area contributed by atoms with Crippen molar-refractivity contribution < 1.29 is 0 Å². The highest BCUT2D eigenvalue weighted by atomic mass is 79.9. The largest absolute Gasteiger partial charge is 0.344 e. The highest BCUT2D eigenvalue weighted by Crippen LogP contribution is 2.35. The first-order valence-corrected chi connectivity index (χ1v) is 5.01. The highest BCUT2D eigenvalue weighted by Gasteiger charge is 2.15. The monoisotopic (exact) mass is 227 g/mol. The van der Waals surface area contributed by atoms with Crippen molar-refractivity contribution >= 4 is 15.9 Å². The fraction of sp³-hybridized carbons (Fsp3) is 0.400. The number of hydrogen-bond acceptors (Lipinski definition) is 1. The molecule has 1 atom stereocenters. The van der Waals surface area contributed by atoms with Crippen molar-refractivity contribution in [2.24, 2.45) is 0 Å². The molecule has 0 bridgehead atoms. The molecule has 3 N–H and O–H groups in total. The Morgan fingerprint density at radius 3 is 2.75 bits per heavy atom. The van der Waals surface area contributed by atoms with Crippen molar-refractivity contribution in [2.45, 2.75) is 24.1 Å². The lowest BCUT2D eigenvalue weighted by molar-refractivity contribution is 0.681. The lowest BCUT2D eigenvalue weighted by Gasteiger charge is -2.20. The summed E-state index contributed by atoms with van der Waals surface area (Å²) in [5, 5.41) is 0. The van der Waals surface area contributed by atoms with Gasteiger partial charge in [-0.05, 0) is 30.4 Å². The van der Waals surface area contributed by atoms with Crippen LogP contribution in [0.25, 0.3) is 0 Å². The van der Waals surface area contributed by atoms with Crippen LogP contribution in [-0.4, -0.2) is 0 Å². The van der Waals surface area contributed by atoms with Crippen LogP contribution in [0.2, 0.25) is 0 Å². The predicted octanol–water partition coefficient (Wildman–Crippen LogP) is 3.62. The van der Waals surface area contributed by atoms with Gasteiger partial charge in [0.1, 0.15) is 0 Å². The Hall–Kier alpha value is -0.340. The summed E-state index contributed by atoms with van der Waals surface area (Å²) in [6, 6.07) is 8.72. The molecule has 0 saturated heterocycles. The molecule has 1 aromatic rings. The number of halogens is 1. The fourth-order valence-electron chi connectivity index (χ4n) is 1.69. The number of aryl methyl sites for hydroxylation is 1. The van der Waals surface area contributed by atoms with Gasteiger partial charge < -0.3 is 6.15 Å². The van der Waals surface area contributed by atoms with Gasteiger partial charge in [0.25, 0.3) is 0 Å². The molecule has 1 nitrogen and oxygen atoms in total. The number of hydrogen-bond donors (Lipinski definition) is 1. The van der Waals surface area contributed by atoms with E-state index in [0.29, 0.717) is 4.83 Å². The van der Waals surface area contributed by atoms with E-state index in [1.807, 2.05) is 0 Å². The molecule has 0 radical (unpaired) electrons. The molecular weight excluding hydrogens is 214 g/mol. The van der Waals surface area contributed by atoms with E-state index in [0.717, 1.165) is 0 Å². The van der Waals surface area contributed by atoms with Crippen molar-refractivity contribution in [2.75, 3.05) is 0 Å². The van der Waals surface area contributed by atoms with E-state index in [1.165, 1.54) is 30.4 Å². The first kappa shape index (κ1) is 9.75. The van der Waals surface area contributed by atoms with Crippen molar-refractivity contribution in [1.29, 1.82) is 0 Å². The van der Waals surface area contributed by atoms with Gasteiger partial charge >= 0.3 is 0 Å². The summed E-state index contributed by atoms with van der Waals surface area (Å²) in [5.41, 5.74) is 3.03. The van der Waals surface area contributed by atoms with Crippen LogP contribution in [0.15, 0.2) is 24.3 Å². The minimum atomic E-state index is 0. The van der Waals surface area contributed by atoms with E-state index < -0.39 is 0 Å². The minimum Gasteiger partial charge on any atom is -0.344 e. The standard InChI is InChI=1S/C10H11Br.H3N/c11-10-7-3-5-8-4-1-2-6-9(8)10;/h1-2,4,6,10H,3,5,7H2;1H3. The van der Waals surface area contributed by atoms with Crippen molar-refractivity contribution in [3.8, 4) is 0 Å². The zero-order chi connectivity index (χ0) is 7.68. The maximum atomic E-state index is 3.69. The fourth-order valence-corrected chi connectivity index (χ4v) is 2.47. The Balaban J connectivity index is 0.000000720. The van der Waals surface area contributed by atoms with E-state index >= 15 is 0 Å². The molecule has 66 valence electrons. The van der Waals surface area contributed by atoms with E-state index in [1.54, 1.807) is 0 Å². The van der Waals surface area contributed by atoms with Gasteiger partial charge in [0.2, 0.25) is 0 Å². The third-order valence-electron chi connectivity index (χ3n) is 2.30. The molecule has 1 unspecified atom stereocenters. The van der Waals surface area contributed by atoms with Crippen LogP contribution < -0.4 is 6.15 Å². The lowest BCUT2D eigenvalue weighted by atomic mass is 9.92. The molecule has 0 fully saturated rings. The van der Waals surface area contributed by atoms with E-state index in [9.17, 15) is 0 Å². The van der Waals surface area contributed by atoms with Gasteiger partial charge in [-0.2, -0.15) is 0 Å². The van der Waals surface area contributed by atoms with Gasteiger partial charge in [0.15, 0.2) is 0 Å². The third-order valence-corrected chi connectivity index (χ3v) is 3.25. The summed E-state index contributed by atoms with van der Waals surface area (Å²) in [6.45, 7) is 0. The molecule has 0 saturated carbocycles. The van der Waals surface area contributed by atoms with E-state index in [2.05, 4.69) is 40.2 Å². The predicted molar refractivity (Wildman–Crippen MR) is 56.1 cm³/mol. The van der Waals surface area contributed by atoms with Crippen molar-refractivity contribution in [1.82, 2.24) is 6.15 Å². The number of rotatable bonds is 0. The Labute approximate surface area is 81.9 Å². The van der Waals surface area contributed by atoms with Crippen molar-refractivity contribution in [3.63, 3.8) is 0 Å². The van der Waals surface area contributed by atoms with Crippen LogP contribution in [0.5, 0.6) is 0 Å². The maximum absolute atomic E-state index is 3.69. The summed E-state index contributed by atoms with van der Waals surface area (Å²) in [6.07, 6.45) is 3.88. The second-order valence-electron chi connectivity index (χ2n) is 3.06. The molecule has 0 aromatic heterocycles. The molecule has 2 heteroatoms. The van der Waals surface area contributed by atoms with Gasteiger partial charge in [-0.25, -0.2) is 0 Å². The third kappa shape index (κ3) is 1.70. The molecule has 12 heavy (non-hydrogen) atoms. The van der Waals surface area contributed by atoms with E-state index in [-0.39, 0.29) is 6.15 Å². The summed E-state index contributed by atoms with van der Waals surface area (Å²) < 4.78 is 0. The lowest BCUT2D eigenvalue weighted by Crippen LogP contribution is -2.03. The van der Waals surface area contributed by atoms with Gasteiger partial charge in [-0.15, -0.1) is 0 Å². The Kier molecular flexibility index (Phi) is 3.29. The minimum absolute atomic E-state index is 0. The highest BCUT2D eigenvalue weighted by molar-refractivity contribution is 9.09. The van der Waals surface area contributed by atoms with Crippen LogP contribution in [-0.2, 0) is 6.42 Å². The van der Waals surface area contributed by atoms with Crippen LogP contribution in [0.3, 0.4) is 0 Å². The molecule has 0 spiro atoms. The number of benzene rings is 1. The Morgan fingerprint density at radius 1 is 1.25 bits per heavy atom.